The summed E-state index contributed by atoms with van der Waals surface area (Å²) in [6, 6.07) is 0.312. The smallest absolute Gasteiger partial charge is 0.281 e. The molecule has 0 amide bonds. The monoisotopic (exact) mass is 308 g/mol. The predicted molar refractivity (Wildman–Crippen MR) is 78.5 cm³/mol. The van der Waals surface area contributed by atoms with Gasteiger partial charge in [-0.25, -0.2) is 4.57 Å². The summed E-state index contributed by atoms with van der Waals surface area (Å²) in [5.41, 5.74) is 0. The van der Waals surface area contributed by atoms with Crippen LogP contribution in [0.2, 0.25) is 0 Å². The number of nitrogens with zero attached hydrogens (tertiary/aromatic N) is 2. The molecule has 0 radical (unpaired) electrons. The van der Waals surface area contributed by atoms with Gasteiger partial charge in [0.15, 0.2) is 6.54 Å². The summed E-state index contributed by atoms with van der Waals surface area (Å²) in [6.45, 7) is 12.0. The molecular formula is C13H29N2O4P+2. The molecule has 1 aliphatic rings. The summed E-state index contributed by atoms with van der Waals surface area (Å²) >= 11 is 0. The van der Waals surface area contributed by atoms with Gasteiger partial charge >= 0.3 is 13.7 Å². The molecule has 0 N–H and O–H groups in total. The molecule has 0 aliphatic carbocycles. The molecule has 0 aromatic rings. The standard InChI is InChI=1S/C13H29N2O4P/c1-10(2)17-20(16,18-11(3)4)19-15(8)9-12(5)14(7)13(15)6/h10-12H,9H2,1-8H3/q+2. The Hall–Kier alpha value is -0.260. The summed E-state index contributed by atoms with van der Waals surface area (Å²) < 4.78 is 31.8. The highest BCUT2D eigenvalue weighted by molar-refractivity contribution is 7.48. The van der Waals surface area contributed by atoms with Crippen molar-refractivity contribution in [1.29, 1.82) is 0 Å². The minimum Gasteiger partial charge on any atom is -0.281 e. The molecule has 0 aromatic carbocycles. The fraction of sp³-hybridized carbons (Fsp3) is 0.923. The number of likely N-dealkylation sites (N-methyl/N-ethyl adjacent to an activating group) is 2. The van der Waals surface area contributed by atoms with Crippen LogP contribution < -0.4 is 0 Å². The van der Waals surface area contributed by atoms with Crippen LogP contribution in [-0.2, 0) is 18.2 Å². The molecule has 0 fully saturated rings. The van der Waals surface area contributed by atoms with E-state index in [1.165, 1.54) is 0 Å². The Kier molecular flexibility index (Phi) is 5.55. The minimum absolute atomic E-state index is 0.119. The Labute approximate surface area is 122 Å². The number of quaternary nitrogens is 1. The van der Waals surface area contributed by atoms with Crippen LogP contribution in [0.5, 0.6) is 0 Å². The maximum atomic E-state index is 12.8. The number of phosphoric acid groups is 1. The third-order valence-electron chi connectivity index (χ3n) is 3.43. The first kappa shape index (κ1) is 17.8. The van der Waals surface area contributed by atoms with Crippen LogP contribution in [-0.4, -0.2) is 53.9 Å². The van der Waals surface area contributed by atoms with Gasteiger partial charge in [-0.15, -0.1) is 0 Å². The summed E-state index contributed by atoms with van der Waals surface area (Å²) in [7, 11) is 0.277. The zero-order chi connectivity index (χ0) is 15.7. The van der Waals surface area contributed by atoms with Crippen molar-refractivity contribution in [3.8, 4) is 0 Å². The molecule has 20 heavy (non-hydrogen) atoms. The van der Waals surface area contributed by atoms with Crippen LogP contribution in [0.15, 0.2) is 0 Å². The van der Waals surface area contributed by atoms with Gasteiger partial charge in [0, 0.05) is 6.92 Å². The van der Waals surface area contributed by atoms with Gasteiger partial charge in [0.2, 0.25) is 6.04 Å². The Balaban J connectivity index is 2.99. The average Bonchev–Trinajstić information content (AvgIpc) is 2.39. The van der Waals surface area contributed by atoms with E-state index in [0.717, 1.165) is 5.84 Å². The van der Waals surface area contributed by atoms with Gasteiger partial charge in [-0.2, -0.15) is 4.58 Å². The lowest BCUT2D eigenvalue weighted by Crippen LogP contribution is -2.46. The molecule has 0 saturated carbocycles. The van der Waals surface area contributed by atoms with E-state index in [0.29, 0.717) is 12.6 Å². The highest BCUT2D eigenvalue weighted by atomic mass is 31.2. The molecule has 118 valence electrons. The number of amidine groups is 1. The first-order valence-corrected chi connectivity index (χ1v) is 8.56. The normalized spacial score (nSPS) is 28.0. The van der Waals surface area contributed by atoms with Gasteiger partial charge in [0.05, 0.1) is 19.1 Å². The summed E-state index contributed by atoms with van der Waals surface area (Å²) in [5, 5.41) is 0. The Bertz CT molecular complexity index is 422. The Morgan fingerprint density at radius 2 is 1.70 bits per heavy atom. The number of rotatable bonds is 6. The van der Waals surface area contributed by atoms with E-state index in [1.807, 2.05) is 48.7 Å². The van der Waals surface area contributed by atoms with Crippen molar-refractivity contribution in [2.24, 2.45) is 0 Å². The molecule has 0 bridgehead atoms. The van der Waals surface area contributed by atoms with E-state index in [-0.39, 0.29) is 16.9 Å². The maximum Gasteiger partial charge on any atom is 0.522 e. The van der Waals surface area contributed by atoms with Crippen molar-refractivity contribution in [2.45, 2.75) is 59.8 Å². The van der Waals surface area contributed by atoms with Gasteiger partial charge in [0.1, 0.15) is 14.1 Å². The SMILES string of the molecule is CC1=[N+](C)C(C)C[N+]1(C)OP(=O)(OC(C)C)OC(C)C. The molecule has 6 nitrogen and oxygen atoms in total. The summed E-state index contributed by atoms with van der Waals surface area (Å²) in [5.74, 6) is 0.984. The average molecular weight is 308 g/mol. The van der Waals surface area contributed by atoms with E-state index in [4.69, 9.17) is 13.7 Å². The zero-order valence-electron chi connectivity index (χ0n) is 13.9. The van der Waals surface area contributed by atoms with Gasteiger partial charge in [-0.05, 0) is 27.7 Å². The lowest BCUT2D eigenvalue weighted by molar-refractivity contribution is -0.993. The molecule has 2 atom stereocenters. The second-order valence-corrected chi connectivity index (χ2v) is 7.61. The Morgan fingerprint density at radius 3 is 2.00 bits per heavy atom. The van der Waals surface area contributed by atoms with Crippen LogP contribution in [0.25, 0.3) is 0 Å². The largest absolute Gasteiger partial charge is 0.522 e. The first-order chi connectivity index (χ1) is 8.99. The fourth-order valence-corrected chi connectivity index (χ4v) is 4.09. The quantitative estimate of drug-likeness (QED) is 0.430. The number of hydrogen-bond donors (Lipinski definition) is 0. The summed E-state index contributed by atoms with van der Waals surface area (Å²) in [6.07, 6.45) is -0.464. The van der Waals surface area contributed by atoms with Crippen molar-refractivity contribution in [3.05, 3.63) is 0 Å². The van der Waals surface area contributed by atoms with Gasteiger partial charge in [-0.3, -0.25) is 9.05 Å². The molecule has 7 heteroatoms. The van der Waals surface area contributed by atoms with E-state index in [2.05, 4.69) is 11.5 Å². The molecule has 0 aromatic heterocycles. The van der Waals surface area contributed by atoms with Crippen molar-refractivity contribution < 1.29 is 27.5 Å². The van der Waals surface area contributed by atoms with Crippen molar-refractivity contribution in [1.82, 2.24) is 0 Å². The fourth-order valence-electron chi connectivity index (χ4n) is 2.30. The zero-order valence-corrected chi connectivity index (χ0v) is 14.8. The van der Waals surface area contributed by atoms with E-state index in [9.17, 15) is 4.57 Å². The number of phosphoric ester groups is 1. The number of hydroxylamine groups is 3. The van der Waals surface area contributed by atoms with Gasteiger partial charge < -0.3 is 0 Å². The molecular weight excluding hydrogens is 279 g/mol. The third-order valence-corrected chi connectivity index (χ3v) is 5.35. The third kappa shape index (κ3) is 4.12. The second kappa shape index (κ2) is 6.24. The van der Waals surface area contributed by atoms with Crippen LogP contribution >= 0.6 is 7.82 Å². The molecule has 0 spiro atoms. The summed E-state index contributed by atoms with van der Waals surface area (Å²) in [4.78, 5) is 0. The van der Waals surface area contributed by atoms with Gasteiger partial charge in [-0.1, -0.05) is 9.27 Å². The highest BCUT2D eigenvalue weighted by Crippen LogP contribution is 2.54. The molecule has 1 heterocycles. The second-order valence-electron chi connectivity index (χ2n) is 6.13. The molecule has 1 rings (SSSR count). The van der Waals surface area contributed by atoms with Crippen LogP contribution in [0.3, 0.4) is 0 Å². The van der Waals surface area contributed by atoms with Crippen molar-refractivity contribution >= 4 is 13.7 Å². The minimum atomic E-state index is -3.61. The van der Waals surface area contributed by atoms with E-state index >= 15 is 0 Å². The van der Waals surface area contributed by atoms with Crippen molar-refractivity contribution in [3.63, 3.8) is 0 Å². The molecule has 0 saturated heterocycles. The predicted octanol–water partition coefficient (Wildman–Crippen LogP) is 2.79. The van der Waals surface area contributed by atoms with Gasteiger partial charge in [0.25, 0.3) is 0 Å². The lowest BCUT2D eigenvalue weighted by atomic mass is 10.3. The number of hydrogen-bond acceptors (Lipinski definition) is 4. The molecule has 2 unspecified atom stereocenters. The lowest BCUT2D eigenvalue weighted by Gasteiger charge is -2.28. The Morgan fingerprint density at radius 1 is 1.25 bits per heavy atom. The molecule has 1 aliphatic heterocycles. The van der Waals surface area contributed by atoms with Crippen LogP contribution in [0.1, 0.15) is 41.5 Å². The highest BCUT2D eigenvalue weighted by Gasteiger charge is 2.52. The maximum absolute atomic E-state index is 12.8. The van der Waals surface area contributed by atoms with Crippen LogP contribution in [0.4, 0.5) is 0 Å². The van der Waals surface area contributed by atoms with E-state index in [1.54, 1.807) is 0 Å². The van der Waals surface area contributed by atoms with Crippen LogP contribution in [0, 0.1) is 0 Å². The first-order valence-electron chi connectivity index (χ1n) is 7.10. The topological polar surface area (TPSA) is 47.8 Å². The van der Waals surface area contributed by atoms with E-state index < -0.39 is 7.82 Å². The van der Waals surface area contributed by atoms with Crippen molar-refractivity contribution in [2.75, 3.05) is 20.6 Å².